The summed E-state index contributed by atoms with van der Waals surface area (Å²) in [5.74, 6) is 1.08. The van der Waals surface area contributed by atoms with E-state index in [-0.39, 0.29) is 5.41 Å². The molecule has 3 heterocycles. The molecule has 1 fully saturated rings. The number of fused-ring (bicyclic) bond motifs is 1. The van der Waals surface area contributed by atoms with E-state index in [4.69, 9.17) is 5.10 Å². The largest absolute Gasteiger partial charge is 0.337 e. The number of aromatic nitrogens is 4. The summed E-state index contributed by atoms with van der Waals surface area (Å²) in [5, 5.41) is 4.74. The third-order valence-electron chi connectivity index (χ3n) is 6.51. The Bertz CT molecular complexity index is 1460. The van der Waals surface area contributed by atoms with Crippen molar-refractivity contribution in [2.45, 2.75) is 38.0 Å². The van der Waals surface area contributed by atoms with Gasteiger partial charge in [-0.3, -0.25) is 0 Å². The summed E-state index contributed by atoms with van der Waals surface area (Å²) in [5.41, 5.74) is 4.06. The number of benzene rings is 2. The quantitative estimate of drug-likeness (QED) is 0.431. The molecule has 2 aromatic carbocycles. The third kappa shape index (κ3) is 4.41. The zero-order chi connectivity index (χ0) is 24.8. The number of hydrogen-bond donors (Lipinski definition) is 0. The van der Waals surface area contributed by atoms with Gasteiger partial charge in [-0.05, 0) is 35.6 Å². The molecule has 0 unspecified atom stereocenters. The molecule has 0 atom stereocenters. The molecule has 1 saturated heterocycles. The molecule has 0 radical (unpaired) electrons. The Labute approximate surface area is 206 Å². The number of sulfonamides is 1. The van der Waals surface area contributed by atoms with Crippen molar-refractivity contribution in [2.75, 3.05) is 31.1 Å². The third-order valence-corrected chi connectivity index (χ3v) is 8.57. The Morgan fingerprint density at radius 3 is 2.23 bits per heavy atom. The Hall–Kier alpha value is -3.30. The standard InChI is InChI=1S/C26H30N6O2S/c1-19-7-5-6-8-23(19)35(33,34)31-17-15-30(16-18-31)25-28-24-27-14-13-22(32(24)29-25)20-9-11-21(12-10-20)26(2,3)4/h5-14H,15-18H2,1-4H3. The Morgan fingerprint density at radius 2 is 1.57 bits per heavy atom. The molecule has 5 rings (SSSR count). The first-order chi connectivity index (χ1) is 16.6. The van der Waals surface area contributed by atoms with Gasteiger partial charge in [0.25, 0.3) is 5.78 Å². The minimum absolute atomic E-state index is 0.0847. The van der Waals surface area contributed by atoms with Crippen molar-refractivity contribution in [3.8, 4) is 11.3 Å². The number of hydrogen-bond acceptors (Lipinski definition) is 6. The first-order valence-electron chi connectivity index (χ1n) is 11.8. The van der Waals surface area contributed by atoms with Crippen molar-refractivity contribution in [3.63, 3.8) is 0 Å². The SMILES string of the molecule is Cc1ccccc1S(=O)(=O)N1CCN(c2nc3nccc(-c4ccc(C(C)(C)C)cc4)n3n2)CC1. The molecule has 0 aliphatic carbocycles. The van der Waals surface area contributed by atoms with Gasteiger partial charge in [0.2, 0.25) is 16.0 Å². The monoisotopic (exact) mass is 490 g/mol. The highest BCUT2D eigenvalue weighted by Gasteiger charge is 2.30. The van der Waals surface area contributed by atoms with Crippen LogP contribution in [0.15, 0.2) is 65.7 Å². The normalized spacial score (nSPS) is 15.6. The van der Waals surface area contributed by atoms with Crippen LogP contribution < -0.4 is 4.90 Å². The van der Waals surface area contributed by atoms with Gasteiger partial charge in [-0.15, -0.1) is 5.10 Å². The number of aryl methyl sites for hydroxylation is 1. The summed E-state index contributed by atoms with van der Waals surface area (Å²) in [6, 6.07) is 17.5. The second-order valence-electron chi connectivity index (χ2n) is 9.94. The Kier molecular flexibility index (Phi) is 5.85. The molecule has 4 aromatic rings. The summed E-state index contributed by atoms with van der Waals surface area (Å²) in [7, 11) is -3.53. The summed E-state index contributed by atoms with van der Waals surface area (Å²) in [4.78, 5) is 11.4. The van der Waals surface area contributed by atoms with Crippen LogP contribution in [0.1, 0.15) is 31.9 Å². The molecule has 9 heteroatoms. The minimum atomic E-state index is -3.53. The van der Waals surface area contributed by atoms with Crippen LogP contribution in [0.2, 0.25) is 0 Å². The summed E-state index contributed by atoms with van der Waals surface area (Å²) < 4.78 is 29.6. The van der Waals surface area contributed by atoms with Crippen LogP contribution in [0.3, 0.4) is 0 Å². The maximum atomic E-state index is 13.1. The summed E-state index contributed by atoms with van der Waals surface area (Å²) in [6.45, 7) is 10.2. The van der Waals surface area contributed by atoms with Crippen molar-refractivity contribution in [1.82, 2.24) is 23.9 Å². The van der Waals surface area contributed by atoms with Crippen LogP contribution >= 0.6 is 0 Å². The maximum Gasteiger partial charge on any atom is 0.254 e. The van der Waals surface area contributed by atoms with E-state index in [0.29, 0.717) is 42.8 Å². The lowest BCUT2D eigenvalue weighted by molar-refractivity contribution is 0.382. The van der Waals surface area contributed by atoms with Gasteiger partial charge in [-0.25, -0.2) is 13.4 Å². The van der Waals surface area contributed by atoms with Gasteiger partial charge in [0.15, 0.2) is 0 Å². The number of piperazine rings is 1. The molecule has 2 aromatic heterocycles. The second kappa shape index (κ2) is 8.73. The summed E-state index contributed by atoms with van der Waals surface area (Å²) in [6.07, 6.45) is 1.74. The van der Waals surface area contributed by atoms with Gasteiger partial charge >= 0.3 is 0 Å². The smallest absolute Gasteiger partial charge is 0.254 e. The average molecular weight is 491 g/mol. The Morgan fingerprint density at radius 1 is 0.886 bits per heavy atom. The number of nitrogens with zero attached hydrogens (tertiary/aromatic N) is 6. The molecule has 35 heavy (non-hydrogen) atoms. The van der Waals surface area contributed by atoms with Crippen molar-refractivity contribution in [3.05, 3.63) is 71.9 Å². The van der Waals surface area contributed by atoms with E-state index in [1.165, 1.54) is 5.56 Å². The first kappa shape index (κ1) is 23.4. The molecular formula is C26H30N6O2S. The lowest BCUT2D eigenvalue weighted by Gasteiger charge is -2.33. The molecule has 8 nitrogen and oxygen atoms in total. The molecule has 182 valence electrons. The number of anilines is 1. The van der Waals surface area contributed by atoms with E-state index in [9.17, 15) is 8.42 Å². The average Bonchev–Trinajstić information content (AvgIpc) is 3.28. The van der Waals surface area contributed by atoms with E-state index in [0.717, 1.165) is 16.8 Å². The van der Waals surface area contributed by atoms with Crippen LogP contribution in [0.5, 0.6) is 0 Å². The fraction of sp³-hybridized carbons (Fsp3) is 0.346. The molecular weight excluding hydrogens is 460 g/mol. The Balaban J connectivity index is 1.37. The van der Waals surface area contributed by atoms with Gasteiger partial charge in [-0.2, -0.15) is 13.8 Å². The van der Waals surface area contributed by atoms with E-state index in [1.54, 1.807) is 27.2 Å². The van der Waals surface area contributed by atoms with Gasteiger partial charge in [0.1, 0.15) is 0 Å². The highest BCUT2D eigenvalue weighted by molar-refractivity contribution is 7.89. The van der Waals surface area contributed by atoms with Crippen LogP contribution in [0, 0.1) is 6.92 Å². The minimum Gasteiger partial charge on any atom is -0.337 e. The zero-order valence-corrected chi connectivity index (χ0v) is 21.3. The van der Waals surface area contributed by atoms with Crippen molar-refractivity contribution >= 4 is 21.7 Å². The van der Waals surface area contributed by atoms with Crippen molar-refractivity contribution < 1.29 is 8.42 Å². The highest BCUT2D eigenvalue weighted by atomic mass is 32.2. The van der Waals surface area contributed by atoms with Crippen LogP contribution in [-0.2, 0) is 15.4 Å². The number of rotatable bonds is 4. The van der Waals surface area contributed by atoms with E-state index in [2.05, 4.69) is 55.0 Å². The molecule has 1 aliphatic heterocycles. The molecule has 0 N–H and O–H groups in total. The summed E-state index contributed by atoms with van der Waals surface area (Å²) >= 11 is 0. The van der Waals surface area contributed by atoms with E-state index in [1.807, 2.05) is 30.0 Å². The van der Waals surface area contributed by atoms with Gasteiger partial charge < -0.3 is 4.90 Å². The molecule has 0 saturated carbocycles. The lowest BCUT2D eigenvalue weighted by atomic mass is 9.86. The fourth-order valence-corrected chi connectivity index (χ4v) is 6.04. The molecule has 0 bridgehead atoms. The van der Waals surface area contributed by atoms with Crippen LogP contribution in [0.25, 0.3) is 17.0 Å². The van der Waals surface area contributed by atoms with Gasteiger partial charge in [0, 0.05) is 37.9 Å². The second-order valence-corrected chi connectivity index (χ2v) is 11.8. The fourth-order valence-electron chi connectivity index (χ4n) is 4.39. The van der Waals surface area contributed by atoms with Gasteiger partial charge in [-0.1, -0.05) is 63.2 Å². The maximum absolute atomic E-state index is 13.1. The molecule has 0 amide bonds. The van der Waals surface area contributed by atoms with E-state index >= 15 is 0 Å². The zero-order valence-electron chi connectivity index (χ0n) is 20.5. The predicted octanol–water partition coefficient (Wildman–Crippen LogP) is 3.91. The first-order valence-corrected chi connectivity index (χ1v) is 13.2. The van der Waals surface area contributed by atoms with Crippen molar-refractivity contribution in [1.29, 1.82) is 0 Å². The van der Waals surface area contributed by atoms with Crippen LogP contribution in [-0.4, -0.2) is 58.5 Å². The van der Waals surface area contributed by atoms with Crippen molar-refractivity contribution in [2.24, 2.45) is 0 Å². The molecule has 1 aliphatic rings. The lowest BCUT2D eigenvalue weighted by Crippen LogP contribution is -2.49. The predicted molar refractivity (Wildman–Crippen MR) is 137 cm³/mol. The molecule has 0 spiro atoms. The van der Waals surface area contributed by atoms with Gasteiger partial charge in [0.05, 0.1) is 10.6 Å². The highest BCUT2D eigenvalue weighted by Crippen LogP contribution is 2.27. The topological polar surface area (TPSA) is 83.7 Å². The van der Waals surface area contributed by atoms with E-state index < -0.39 is 10.0 Å². The van der Waals surface area contributed by atoms with Crippen LogP contribution in [0.4, 0.5) is 5.95 Å².